The van der Waals surface area contributed by atoms with Crippen LogP contribution in [-0.4, -0.2) is 19.0 Å². The summed E-state index contributed by atoms with van der Waals surface area (Å²) in [5.74, 6) is -0.638. The Morgan fingerprint density at radius 1 is 1.50 bits per heavy atom. The van der Waals surface area contributed by atoms with Gasteiger partial charge < -0.3 is 13.9 Å². The molecule has 1 aromatic rings. The second kappa shape index (κ2) is 5.75. The second-order valence-electron chi connectivity index (χ2n) is 3.01. The number of carbonyl (C=O) groups is 2. The molecule has 0 aliphatic heterocycles. The molecule has 16 heavy (non-hydrogen) atoms. The van der Waals surface area contributed by atoms with Gasteiger partial charge in [0.05, 0.1) is 19.8 Å². The Morgan fingerprint density at radius 3 is 2.81 bits per heavy atom. The molecule has 0 atom stereocenters. The van der Waals surface area contributed by atoms with Gasteiger partial charge in [0.2, 0.25) is 0 Å². The van der Waals surface area contributed by atoms with E-state index in [1.807, 2.05) is 0 Å². The first-order valence-electron chi connectivity index (χ1n) is 4.57. The van der Waals surface area contributed by atoms with Gasteiger partial charge in [0.25, 0.3) is 0 Å². The molecule has 86 valence electrons. The number of ether oxygens (including phenoxy) is 2. The van der Waals surface area contributed by atoms with Gasteiger partial charge in [-0.3, -0.25) is 4.79 Å². The normalized spacial score (nSPS) is 9.56. The minimum absolute atomic E-state index is 0.0199. The summed E-state index contributed by atoms with van der Waals surface area (Å²) in [6.45, 7) is 3.46. The molecule has 5 heteroatoms. The molecular weight excluding hydrogens is 212 g/mol. The van der Waals surface area contributed by atoms with E-state index in [-0.39, 0.29) is 18.6 Å². The Labute approximate surface area is 92.6 Å². The van der Waals surface area contributed by atoms with Crippen LogP contribution in [0.4, 0.5) is 0 Å². The van der Waals surface area contributed by atoms with E-state index in [9.17, 15) is 9.59 Å². The van der Waals surface area contributed by atoms with Gasteiger partial charge in [-0.15, -0.1) is 0 Å². The average Bonchev–Trinajstić information content (AvgIpc) is 2.78. The molecule has 0 bridgehead atoms. The van der Waals surface area contributed by atoms with Crippen LogP contribution in [0.1, 0.15) is 12.2 Å². The number of rotatable bonds is 5. The van der Waals surface area contributed by atoms with Gasteiger partial charge >= 0.3 is 11.9 Å². The van der Waals surface area contributed by atoms with Crippen molar-refractivity contribution < 1.29 is 23.5 Å². The van der Waals surface area contributed by atoms with Crippen molar-refractivity contribution >= 4 is 11.9 Å². The molecule has 0 aliphatic rings. The van der Waals surface area contributed by atoms with Crippen molar-refractivity contribution in [1.82, 2.24) is 0 Å². The van der Waals surface area contributed by atoms with Crippen LogP contribution in [0, 0.1) is 0 Å². The van der Waals surface area contributed by atoms with Crippen LogP contribution >= 0.6 is 0 Å². The van der Waals surface area contributed by atoms with E-state index in [1.54, 1.807) is 12.1 Å². The fourth-order valence-corrected chi connectivity index (χ4v) is 0.952. The molecule has 0 radical (unpaired) electrons. The molecule has 0 aliphatic carbocycles. The van der Waals surface area contributed by atoms with Crippen molar-refractivity contribution in [2.45, 2.75) is 13.0 Å². The summed E-state index contributed by atoms with van der Waals surface area (Å²) >= 11 is 0. The molecule has 0 spiro atoms. The standard InChI is InChI=1S/C11H12O5/c1-8(6-10(12)14-2)11(13)16-7-9-4-3-5-15-9/h3-5H,1,6-7H2,2H3. The van der Waals surface area contributed by atoms with Crippen LogP contribution in [0.5, 0.6) is 0 Å². The average molecular weight is 224 g/mol. The molecule has 0 amide bonds. The molecule has 0 saturated heterocycles. The number of hydrogen-bond acceptors (Lipinski definition) is 5. The summed E-state index contributed by atoms with van der Waals surface area (Å²) in [5, 5.41) is 0. The SMILES string of the molecule is C=C(CC(=O)OC)C(=O)OCc1ccco1. The number of methoxy groups -OCH3 is 1. The van der Waals surface area contributed by atoms with Crippen LogP contribution in [0.3, 0.4) is 0 Å². The first-order chi connectivity index (χ1) is 7.63. The number of hydrogen-bond donors (Lipinski definition) is 0. The maximum Gasteiger partial charge on any atom is 0.334 e. The van der Waals surface area contributed by atoms with Crippen molar-refractivity contribution in [2.24, 2.45) is 0 Å². The molecule has 5 nitrogen and oxygen atoms in total. The largest absolute Gasteiger partial charge is 0.469 e. The van der Waals surface area contributed by atoms with Crippen molar-refractivity contribution in [3.8, 4) is 0 Å². The Hall–Kier alpha value is -2.04. The van der Waals surface area contributed by atoms with Gasteiger partial charge in [-0.05, 0) is 12.1 Å². The first-order valence-corrected chi connectivity index (χ1v) is 4.57. The van der Waals surface area contributed by atoms with Gasteiger partial charge in [-0.2, -0.15) is 0 Å². The van der Waals surface area contributed by atoms with Crippen molar-refractivity contribution in [3.05, 3.63) is 36.3 Å². The second-order valence-corrected chi connectivity index (χ2v) is 3.01. The highest BCUT2D eigenvalue weighted by atomic mass is 16.5. The third kappa shape index (κ3) is 3.61. The van der Waals surface area contributed by atoms with Crippen LogP contribution in [-0.2, 0) is 25.7 Å². The Kier molecular flexibility index (Phi) is 4.32. The lowest BCUT2D eigenvalue weighted by Crippen LogP contribution is -2.11. The molecule has 0 fully saturated rings. The minimum Gasteiger partial charge on any atom is -0.469 e. The van der Waals surface area contributed by atoms with Crippen molar-refractivity contribution in [3.63, 3.8) is 0 Å². The van der Waals surface area contributed by atoms with Crippen molar-refractivity contribution in [2.75, 3.05) is 7.11 Å². The molecule has 0 saturated carbocycles. The molecule has 1 rings (SSSR count). The molecule has 1 heterocycles. The van der Waals surface area contributed by atoms with Gasteiger partial charge in [-0.25, -0.2) is 4.79 Å². The van der Waals surface area contributed by atoms with E-state index in [1.165, 1.54) is 13.4 Å². The van der Waals surface area contributed by atoms with E-state index in [4.69, 9.17) is 9.15 Å². The highest BCUT2D eigenvalue weighted by Gasteiger charge is 2.13. The smallest absolute Gasteiger partial charge is 0.334 e. The minimum atomic E-state index is -0.637. The molecule has 0 unspecified atom stereocenters. The van der Waals surface area contributed by atoms with Crippen LogP contribution < -0.4 is 0 Å². The summed E-state index contributed by atoms with van der Waals surface area (Å²) in [7, 11) is 1.24. The van der Waals surface area contributed by atoms with E-state index in [2.05, 4.69) is 11.3 Å². The summed E-state index contributed by atoms with van der Waals surface area (Å²) in [5.41, 5.74) is 0.0541. The maximum absolute atomic E-state index is 11.3. The molecule has 0 aromatic carbocycles. The predicted molar refractivity (Wildman–Crippen MR) is 54.3 cm³/mol. The van der Waals surface area contributed by atoms with Crippen LogP contribution in [0.15, 0.2) is 35.0 Å². The Balaban J connectivity index is 2.35. The highest BCUT2D eigenvalue weighted by molar-refractivity contribution is 5.93. The third-order valence-electron chi connectivity index (χ3n) is 1.80. The molecular formula is C11H12O5. The molecule has 1 aromatic heterocycles. The maximum atomic E-state index is 11.3. The summed E-state index contributed by atoms with van der Waals surface area (Å²) in [4.78, 5) is 22.2. The number of esters is 2. The van der Waals surface area contributed by atoms with Gasteiger partial charge in [0, 0.05) is 5.57 Å². The van der Waals surface area contributed by atoms with Crippen molar-refractivity contribution in [1.29, 1.82) is 0 Å². The Bertz CT molecular complexity index is 377. The van der Waals surface area contributed by atoms with Gasteiger partial charge in [-0.1, -0.05) is 6.58 Å². The van der Waals surface area contributed by atoms with Crippen LogP contribution in [0.2, 0.25) is 0 Å². The fourth-order valence-electron chi connectivity index (χ4n) is 0.952. The third-order valence-corrected chi connectivity index (χ3v) is 1.80. The van der Waals surface area contributed by atoms with Crippen LogP contribution in [0.25, 0.3) is 0 Å². The lowest BCUT2D eigenvalue weighted by Gasteiger charge is -2.04. The molecule has 0 N–H and O–H groups in total. The topological polar surface area (TPSA) is 65.7 Å². The quantitative estimate of drug-likeness (QED) is 0.559. The van der Waals surface area contributed by atoms with Gasteiger partial charge in [0.15, 0.2) is 0 Å². The first kappa shape index (κ1) is 12.0. The number of carbonyl (C=O) groups excluding carboxylic acids is 2. The Morgan fingerprint density at radius 2 is 2.25 bits per heavy atom. The fraction of sp³-hybridized carbons (Fsp3) is 0.273. The lowest BCUT2D eigenvalue weighted by molar-refractivity contribution is -0.145. The summed E-state index contributed by atoms with van der Waals surface area (Å²) in [6, 6.07) is 3.36. The van der Waals surface area contributed by atoms with E-state index < -0.39 is 11.9 Å². The van der Waals surface area contributed by atoms with Gasteiger partial charge in [0.1, 0.15) is 12.4 Å². The van der Waals surface area contributed by atoms with E-state index in [0.717, 1.165) is 0 Å². The zero-order valence-corrected chi connectivity index (χ0v) is 8.89. The predicted octanol–water partition coefficient (Wildman–Crippen LogP) is 1.44. The lowest BCUT2D eigenvalue weighted by atomic mass is 10.2. The van der Waals surface area contributed by atoms with E-state index >= 15 is 0 Å². The summed E-state index contributed by atoms with van der Waals surface area (Å²) in [6.07, 6.45) is 1.31. The zero-order valence-electron chi connectivity index (χ0n) is 8.89. The monoisotopic (exact) mass is 224 g/mol. The summed E-state index contributed by atoms with van der Waals surface area (Å²) < 4.78 is 14.2. The zero-order chi connectivity index (χ0) is 12.0. The highest BCUT2D eigenvalue weighted by Crippen LogP contribution is 2.07. The van der Waals surface area contributed by atoms with E-state index in [0.29, 0.717) is 5.76 Å². The number of furan rings is 1.